The number of aliphatic carboxylic acids is 1. The molecular weight excluding hydrogens is 336 g/mol. The average molecular weight is 363 g/mol. The quantitative estimate of drug-likeness (QED) is 0.536. The van der Waals surface area contributed by atoms with Crippen LogP contribution < -0.4 is 20.5 Å². The van der Waals surface area contributed by atoms with Crippen molar-refractivity contribution < 1.29 is 24.2 Å². The van der Waals surface area contributed by atoms with Crippen molar-refractivity contribution in [2.24, 2.45) is 5.92 Å². The van der Waals surface area contributed by atoms with Gasteiger partial charge in [0.2, 0.25) is 5.91 Å². The number of benzene rings is 1. The van der Waals surface area contributed by atoms with Gasteiger partial charge in [-0.25, -0.2) is 0 Å². The summed E-state index contributed by atoms with van der Waals surface area (Å²) < 4.78 is 5.60. The average Bonchev–Trinajstić information content (AvgIpc) is 2.59. The van der Waals surface area contributed by atoms with E-state index in [1.807, 2.05) is 0 Å². The predicted molar refractivity (Wildman–Crippen MR) is 95.6 cm³/mol. The number of carbonyl (C=O) groups is 3. The molecule has 0 aliphatic rings. The van der Waals surface area contributed by atoms with Crippen LogP contribution >= 0.6 is 0 Å². The van der Waals surface area contributed by atoms with Gasteiger partial charge in [-0.05, 0) is 49.4 Å². The largest absolute Gasteiger partial charge is 0.550 e. The Morgan fingerprint density at radius 3 is 2.35 bits per heavy atom. The Hall–Kier alpha value is -2.57. The van der Waals surface area contributed by atoms with Crippen molar-refractivity contribution in [1.82, 2.24) is 10.6 Å². The van der Waals surface area contributed by atoms with Gasteiger partial charge in [-0.2, -0.15) is 0 Å². The number of hydrogen-bond donors (Lipinski definition) is 2. The highest BCUT2D eigenvalue weighted by Gasteiger charge is 2.07. The number of amides is 2. The minimum Gasteiger partial charge on any atom is -0.550 e. The van der Waals surface area contributed by atoms with E-state index in [0.717, 1.165) is 12.2 Å². The van der Waals surface area contributed by atoms with Gasteiger partial charge >= 0.3 is 0 Å². The molecule has 144 valence electrons. The molecule has 7 heteroatoms. The summed E-state index contributed by atoms with van der Waals surface area (Å²) >= 11 is 0. The lowest BCUT2D eigenvalue weighted by Gasteiger charge is -2.09. The second-order valence-corrected chi connectivity index (χ2v) is 6.39. The summed E-state index contributed by atoms with van der Waals surface area (Å²) in [5.74, 6) is -0.339. The van der Waals surface area contributed by atoms with E-state index >= 15 is 0 Å². The lowest BCUT2D eigenvalue weighted by molar-refractivity contribution is -0.305. The van der Waals surface area contributed by atoms with Gasteiger partial charge in [-0.3, -0.25) is 9.59 Å². The number of carboxylic acids is 1. The van der Waals surface area contributed by atoms with E-state index in [4.69, 9.17) is 4.74 Å². The van der Waals surface area contributed by atoms with Crippen molar-refractivity contribution in [2.75, 3.05) is 19.7 Å². The Morgan fingerprint density at radius 1 is 1.04 bits per heavy atom. The Bertz CT molecular complexity index is 584. The molecule has 0 heterocycles. The lowest BCUT2D eigenvalue weighted by atomic mass is 10.1. The normalized spacial score (nSPS) is 10.4. The van der Waals surface area contributed by atoms with Crippen LogP contribution in [0.25, 0.3) is 0 Å². The highest BCUT2D eigenvalue weighted by Crippen LogP contribution is 2.13. The van der Waals surface area contributed by atoms with Crippen LogP contribution in [0.5, 0.6) is 5.75 Å². The first-order chi connectivity index (χ1) is 12.4. The minimum absolute atomic E-state index is 0.0891. The Labute approximate surface area is 154 Å². The van der Waals surface area contributed by atoms with E-state index in [1.54, 1.807) is 24.3 Å². The highest BCUT2D eigenvalue weighted by atomic mass is 16.5. The molecule has 1 rings (SSSR count). The van der Waals surface area contributed by atoms with Crippen molar-refractivity contribution in [2.45, 2.75) is 39.5 Å². The molecule has 1 aromatic rings. The molecule has 0 spiro atoms. The molecule has 0 saturated carbocycles. The molecule has 26 heavy (non-hydrogen) atoms. The molecule has 0 bridgehead atoms. The maximum Gasteiger partial charge on any atom is 0.251 e. The summed E-state index contributed by atoms with van der Waals surface area (Å²) in [5.41, 5.74) is 0.496. The topological polar surface area (TPSA) is 108 Å². The molecule has 0 aliphatic carbocycles. The third-order valence-electron chi connectivity index (χ3n) is 3.60. The zero-order chi connectivity index (χ0) is 19.4. The smallest absolute Gasteiger partial charge is 0.251 e. The zero-order valence-corrected chi connectivity index (χ0v) is 15.4. The first-order valence-electron chi connectivity index (χ1n) is 8.86. The molecule has 0 aliphatic heterocycles. The van der Waals surface area contributed by atoms with Gasteiger partial charge in [-0.1, -0.05) is 13.8 Å². The third-order valence-corrected chi connectivity index (χ3v) is 3.60. The van der Waals surface area contributed by atoms with Gasteiger partial charge in [0.25, 0.3) is 5.91 Å². The van der Waals surface area contributed by atoms with Crippen molar-refractivity contribution in [3.63, 3.8) is 0 Å². The number of nitrogens with one attached hydrogen (secondary N) is 2. The predicted octanol–water partition coefficient (Wildman–Crippen LogP) is 0.878. The van der Waals surface area contributed by atoms with Crippen molar-refractivity contribution in [3.05, 3.63) is 29.8 Å². The van der Waals surface area contributed by atoms with Crippen LogP contribution in [0, 0.1) is 5.92 Å². The van der Waals surface area contributed by atoms with Crippen molar-refractivity contribution in [1.29, 1.82) is 0 Å². The number of rotatable bonds is 12. The Balaban J connectivity index is 2.24. The SMILES string of the molecule is CC(C)CCOc1ccc(C(=O)NCCC(=O)NCCCC(=O)[O-])cc1. The van der Waals surface area contributed by atoms with Crippen LogP contribution in [0.3, 0.4) is 0 Å². The lowest BCUT2D eigenvalue weighted by Crippen LogP contribution is -2.31. The molecule has 0 aromatic heterocycles. The van der Waals surface area contributed by atoms with Gasteiger partial charge in [0.15, 0.2) is 0 Å². The van der Waals surface area contributed by atoms with E-state index < -0.39 is 5.97 Å². The molecular formula is C19H27N2O5-. The van der Waals surface area contributed by atoms with Gasteiger partial charge in [0.1, 0.15) is 5.75 Å². The number of carbonyl (C=O) groups excluding carboxylic acids is 3. The van der Waals surface area contributed by atoms with Gasteiger partial charge < -0.3 is 25.3 Å². The number of hydrogen-bond acceptors (Lipinski definition) is 5. The van der Waals surface area contributed by atoms with Crippen LogP contribution in [0.2, 0.25) is 0 Å². The summed E-state index contributed by atoms with van der Waals surface area (Å²) in [7, 11) is 0. The second-order valence-electron chi connectivity index (χ2n) is 6.39. The fraction of sp³-hybridized carbons (Fsp3) is 0.526. The minimum atomic E-state index is -1.14. The van der Waals surface area contributed by atoms with E-state index in [9.17, 15) is 19.5 Å². The molecule has 0 fully saturated rings. The summed E-state index contributed by atoms with van der Waals surface area (Å²) in [5, 5.41) is 15.5. The molecule has 0 atom stereocenters. The first-order valence-corrected chi connectivity index (χ1v) is 8.86. The van der Waals surface area contributed by atoms with Crippen LogP contribution in [-0.2, 0) is 9.59 Å². The van der Waals surface area contributed by atoms with E-state index in [2.05, 4.69) is 24.5 Å². The summed E-state index contributed by atoms with van der Waals surface area (Å²) in [6.07, 6.45) is 1.34. The van der Waals surface area contributed by atoms with Crippen molar-refractivity contribution >= 4 is 17.8 Å². The second kappa shape index (κ2) is 11.9. The maximum absolute atomic E-state index is 12.0. The maximum atomic E-state index is 12.0. The van der Waals surface area contributed by atoms with Gasteiger partial charge in [0, 0.05) is 31.0 Å². The molecule has 2 N–H and O–H groups in total. The number of carboxylic acid groups (broad SMARTS) is 1. The standard InChI is InChI=1S/C19H28N2O5/c1-14(2)10-13-26-16-7-5-15(6-8-16)19(25)21-12-9-17(22)20-11-3-4-18(23)24/h5-8,14H,3-4,9-13H2,1-2H3,(H,20,22)(H,21,25)(H,23,24)/p-1. The molecule has 1 aromatic carbocycles. The molecule has 7 nitrogen and oxygen atoms in total. The Kier molecular flexibility index (Phi) is 9.82. The molecule has 0 radical (unpaired) electrons. The first kappa shape index (κ1) is 21.5. The monoisotopic (exact) mass is 363 g/mol. The zero-order valence-electron chi connectivity index (χ0n) is 15.4. The molecule has 2 amide bonds. The van der Waals surface area contributed by atoms with Crippen molar-refractivity contribution in [3.8, 4) is 5.75 Å². The van der Waals surface area contributed by atoms with Gasteiger partial charge in [-0.15, -0.1) is 0 Å². The van der Waals surface area contributed by atoms with E-state index in [0.29, 0.717) is 24.5 Å². The molecule has 0 saturated heterocycles. The van der Waals surface area contributed by atoms with E-state index in [-0.39, 0.29) is 37.7 Å². The van der Waals surface area contributed by atoms with Gasteiger partial charge in [0.05, 0.1) is 6.61 Å². The number of ether oxygens (including phenoxy) is 1. The van der Waals surface area contributed by atoms with Crippen LogP contribution in [0.4, 0.5) is 0 Å². The third kappa shape index (κ3) is 9.66. The van der Waals surface area contributed by atoms with E-state index in [1.165, 1.54) is 0 Å². The molecule has 0 unspecified atom stereocenters. The summed E-state index contributed by atoms with van der Waals surface area (Å²) in [6, 6.07) is 6.86. The van der Waals surface area contributed by atoms with Crippen LogP contribution in [-0.4, -0.2) is 37.5 Å². The summed E-state index contributed by atoms with van der Waals surface area (Å²) in [4.78, 5) is 33.8. The summed E-state index contributed by atoms with van der Waals surface area (Å²) in [6.45, 7) is 5.38. The van der Waals surface area contributed by atoms with Crippen LogP contribution in [0.1, 0.15) is 49.9 Å². The fourth-order valence-corrected chi connectivity index (χ4v) is 2.06. The van der Waals surface area contributed by atoms with Crippen LogP contribution in [0.15, 0.2) is 24.3 Å². The fourth-order valence-electron chi connectivity index (χ4n) is 2.06. The Morgan fingerprint density at radius 2 is 1.73 bits per heavy atom. The highest BCUT2D eigenvalue weighted by molar-refractivity contribution is 5.94.